The first-order chi connectivity index (χ1) is 9.42. The van der Waals surface area contributed by atoms with Gasteiger partial charge >= 0.3 is 0 Å². The first-order valence-corrected chi connectivity index (χ1v) is 6.92. The van der Waals surface area contributed by atoms with Crippen LogP contribution in [0.25, 0.3) is 0 Å². The number of hydrogen-bond acceptors (Lipinski definition) is 4. The third-order valence-electron chi connectivity index (χ3n) is 2.45. The molecule has 0 unspecified atom stereocenters. The molecule has 102 valence electrons. The Hall–Kier alpha value is -2.59. The molecule has 0 saturated heterocycles. The molecule has 2 N–H and O–H groups in total. The number of phenols is 1. The van der Waals surface area contributed by atoms with Crippen molar-refractivity contribution in [1.82, 2.24) is 0 Å². The van der Waals surface area contributed by atoms with E-state index in [2.05, 4.69) is 4.72 Å². The summed E-state index contributed by atoms with van der Waals surface area (Å²) < 4.78 is 39.9. The smallest absolute Gasteiger partial charge is 0.264 e. The van der Waals surface area contributed by atoms with Crippen molar-refractivity contribution in [2.24, 2.45) is 0 Å². The Morgan fingerprint density at radius 1 is 1.20 bits per heavy atom. The predicted octanol–water partition coefficient (Wildman–Crippen LogP) is 2.20. The lowest BCUT2D eigenvalue weighted by molar-refractivity contribution is 0.475. The number of halogens is 1. The van der Waals surface area contributed by atoms with E-state index in [1.807, 2.05) is 0 Å². The summed E-state index contributed by atoms with van der Waals surface area (Å²) in [7, 11) is -4.13. The highest BCUT2D eigenvalue weighted by atomic mass is 32.2. The Morgan fingerprint density at radius 2 is 1.95 bits per heavy atom. The van der Waals surface area contributed by atoms with Crippen molar-refractivity contribution in [3.05, 3.63) is 53.8 Å². The summed E-state index contributed by atoms with van der Waals surface area (Å²) in [6, 6.07) is 10.2. The van der Waals surface area contributed by atoms with Crippen LogP contribution >= 0.6 is 0 Å². The van der Waals surface area contributed by atoms with E-state index < -0.39 is 20.7 Å². The van der Waals surface area contributed by atoms with Crippen LogP contribution in [0.1, 0.15) is 5.56 Å². The van der Waals surface area contributed by atoms with E-state index in [1.165, 1.54) is 30.3 Å². The Morgan fingerprint density at radius 3 is 2.55 bits per heavy atom. The largest absolute Gasteiger partial charge is 0.508 e. The standard InChI is InChI=1S/C13H9FN2O3S/c14-12-6-9(8-15)4-5-13(12)20(18,19)16-10-2-1-3-11(17)7-10/h1-7,16-17H. The van der Waals surface area contributed by atoms with E-state index in [4.69, 9.17) is 5.26 Å². The average molecular weight is 292 g/mol. The average Bonchev–Trinajstić information content (AvgIpc) is 2.37. The lowest BCUT2D eigenvalue weighted by Gasteiger charge is -2.09. The van der Waals surface area contributed by atoms with Gasteiger partial charge in [0, 0.05) is 6.07 Å². The highest BCUT2D eigenvalue weighted by molar-refractivity contribution is 7.92. The van der Waals surface area contributed by atoms with E-state index in [-0.39, 0.29) is 17.0 Å². The SMILES string of the molecule is N#Cc1ccc(S(=O)(=O)Nc2cccc(O)c2)c(F)c1. The number of nitrogens with zero attached hydrogens (tertiary/aromatic N) is 1. The minimum absolute atomic E-state index is 0.0267. The van der Waals surface area contributed by atoms with Gasteiger partial charge in [-0.15, -0.1) is 0 Å². The van der Waals surface area contributed by atoms with Gasteiger partial charge < -0.3 is 5.11 Å². The number of aromatic hydroxyl groups is 1. The first-order valence-electron chi connectivity index (χ1n) is 5.44. The summed E-state index contributed by atoms with van der Waals surface area (Å²) in [5.41, 5.74) is 0.132. The maximum atomic E-state index is 13.7. The maximum absolute atomic E-state index is 13.7. The molecule has 0 bridgehead atoms. The summed E-state index contributed by atoms with van der Waals surface area (Å²) in [5, 5.41) is 17.9. The normalized spacial score (nSPS) is 10.8. The number of rotatable bonds is 3. The van der Waals surface area contributed by atoms with Gasteiger partial charge in [0.05, 0.1) is 17.3 Å². The summed E-state index contributed by atoms with van der Waals surface area (Å²) in [6.45, 7) is 0. The topological polar surface area (TPSA) is 90.2 Å². The van der Waals surface area contributed by atoms with Gasteiger partial charge in [0.15, 0.2) is 0 Å². The molecule has 2 rings (SSSR count). The molecular weight excluding hydrogens is 283 g/mol. The second-order valence-electron chi connectivity index (χ2n) is 3.91. The minimum atomic E-state index is -4.13. The molecule has 0 heterocycles. The molecule has 0 radical (unpaired) electrons. The molecule has 0 saturated carbocycles. The molecular formula is C13H9FN2O3S. The third kappa shape index (κ3) is 2.87. The van der Waals surface area contributed by atoms with Crippen LogP contribution in [0.4, 0.5) is 10.1 Å². The van der Waals surface area contributed by atoms with Gasteiger partial charge in [0.1, 0.15) is 16.5 Å². The molecule has 7 heteroatoms. The fourth-order valence-electron chi connectivity index (χ4n) is 1.57. The molecule has 0 spiro atoms. The van der Waals surface area contributed by atoms with Gasteiger partial charge in [-0.1, -0.05) is 6.07 Å². The quantitative estimate of drug-likeness (QED) is 0.907. The molecule has 0 amide bonds. The van der Waals surface area contributed by atoms with Gasteiger partial charge in [0.25, 0.3) is 10.0 Å². The van der Waals surface area contributed by atoms with Crippen molar-refractivity contribution < 1.29 is 17.9 Å². The summed E-state index contributed by atoms with van der Waals surface area (Å²) in [5.74, 6) is -1.14. The number of nitrogens with one attached hydrogen (secondary N) is 1. The zero-order valence-corrected chi connectivity index (χ0v) is 10.9. The number of hydrogen-bond donors (Lipinski definition) is 2. The second kappa shape index (κ2) is 5.19. The van der Waals surface area contributed by atoms with Crippen LogP contribution < -0.4 is 4.72 Å². The summed E-state index contributed by atoms with van der Waals surface area (Å²) in [4.78, 5) is -0.570. The van der Waals surface area contributed by atoms with E-state index in [0.717, 1.165) is 12.1 Å². The maximum Gasteiger partial charge on any atom is 0.264 e. The van der Waals surface area contributed by atoms with Crippen LogP contribution in [0, 0.1) is 17.1 Å². The van der Waals surface area contributed by atoms with Crippen molar-refractivity contribution >= 4 is 15.7 Å². The highest BCUT2D eigenvalue weighted by Crippen LogP contribution is 2.22. The third-order valence-corrected chi connectivity index (χ3v) is 3.86. The van der Waals surface area contributed by atoms with Crippen molar-refractivity contribution in [3.8, 4) is 11.8 Å². The van der Waals surface area contributed by atoms with Crippen LogP contribution in [-0.4, -0.2) is 13.5 Å². The molecule has 0 aliphatic heterocycles. The number of sulfonamides is 1. The van der Waals surface area contributed by atoms with E-state index in [1.54, 1.807) is 6.07 Å². The molecule has 0 aliphatic rings. The highest BCUT2D eigenvalue weighted by Gasteiger charge is 2.19. The molecule has 0 fully saturated rings. The van der Waals surface area contributed by atoms with Crippen LogP contribution in [0.3, 0.4) is 0 Å². The van der Waals surface area contributed by atoms with Gasteiger partial charge in [-0.25, -0.2) is 12.8 Å². The van der Waals surface area contributed by atoms with Crippen LogP contribution in [0.15, 0.2) is 47.4 Å². The Kier molecular flexibility index (Phi) is 3.59. The van der Waals surface area contributed by atoms with Gasteiger partial charge in [0.2, 0.25) is 0 Å². The Balaban J connectivity index is 2.39. The molecule has 5 nitrogen and oxygen atoms in total. The molecule has 0 atom stereocenters. The van der Waals surface area contributed by atoms with Gasteiger partial charge in [-0.3, -0.25) is 4.72 Å². The van der Waals surface area contributed by atoms with Crippen molar-refractivity contribution in [2.45, 2.75) is 4.90 Å². The van der Waals surface area contributed by atoms with E-state index in [9.17, 15) is 17.9 Å². The lowest BCUT2D eigenvalue weighted by atomic mass is 10.2. The molecule has 0 aromatic heterocycles. The van der Waals surface area contributed by atoms with Crippen LogP contribution in [-0.2, 0) is 10.0 Å². The fraction of sp³-hybridized carbons (Fsp3) is 0. The molecule has 2 aromatic rings. The molecule has 2 aromatic carbocycles. The van der Waals surface area contributed by atoms with Gasteiger partial charge in [-0.2, -0.15) is 5.26 Å². The number of benzene rings is 2. The predicted molar refractivity (Wildman–Crippen MR) is 70.0 cm³/mol. The van der Waals surface area contributed by atoms with Crippen LogP contribution in [0.2, 0.25) is 0 Å². The molecule has 20 heavy (non-hydrogen) atoms. The second-order valence-corrected chi connectivity index (χ2v) is 5.56. The zero-order chi connectivity index (χ0) is 14.8. The Bertz CT molecular complexity index is 798. The summed E-state index contributed by atoms with van der Waals surface area (Å²) in [6.07, 6.45) is 0. The van der Waals surface area contributed by atoms with Crippen molar-refractivity contribution in [1.29, 1.82) is 5.26 Å². The number of phenolic OH excluding ortho intramolecular Hbond substituents is 1. The van der Waals surface area contributed by atoms with E-state index in [0.29, 0.717) is 0 Å². The molecule has 0 aliphatic carbocycles. The van der Waals surface area contributed by atoms with Crippen molar-refractivity contribution in [2.75, 3.05) is 4.72 Å². The van der Waals surface area contributed by atoms with E-state index >= 15 is 0 Å². The van der Waals surface area contributed by atoms with Crippen molar-refractivity contribution in [3.63, 3.8) is 0 Å². The zero-order valence-electron chi connectivity index (χ0n) is 10.0. The first kappa shape index (κ1) is 13.8. The lowest BCUT2D eigenvalue weighted by Crippen LogP contribution is -2.14. The number of anilines is 1. The van der Waals surface area contributed by atoms with Crippen LogP contribution in [0.5, 0.6) is 5.75 Å². The fourth-order valence-corrected chi connectivity index (χ4v) is 2.68. The summed E-state index contributed by atoms with van der Waals surface area (Å²) >= 11 is 0. The monoisotopic (exact) mass is 292 g/mol. The van der Waals surface area contributed by atoms with Gasteiger partial charge in [-0.05, 0) is 30.3 Å². The minimum Gasteiger partial charge on any atom is -0.508 e. The Labute approximate surface area is 115 Å². The number of nitriles is 1.